The van der Waals surface area contributed by atoms with Crippen molar-refractivity contribution in [2.75, 3.05) is 0 Å². The molecule has 0 bridgehead atoms. The Bertz CT molecular complexity index is 93.6. The third-order valence-corrected chi connectivity index (χ3v) is 1.42. The van der Waals surface area contributed by atoms with Crippen LogP contribution < -0.4 is 0 Å². The lowest BCUT2D eigenvalue weighted by Crippen LogP contribution is -1.96. The van der Waals surface area contributed by atoms with Crippen molar-refractivity contribution < 1.29 is 9.90 Å². The molecule has 10 heavy (non-hydrogen) atoms. The molecule has 0 spiro atoms. The van der Waals surface area contributed by atoms with Crippen molar-refractivity contribution in [1.29, 1.82) is 0 Å². The summed E-state index contributed by atoms with van der Waals surface area (Å²) in [7, 11) is 0. The van der Waals surface area contributed by atoms with E-state index in [9.17, 15) is 0 Å². The van der Waals surface area contributed by atoms with Crippen molar-refractivity contribution >= 4 is 43.9 Å². The quantitative estimate of drug-likeness (QED) is 0.386. The largest absolute Gasteiger partial charge is 0.481 e. The maximum atomic E-state index is 9.00. The van der Waals surface area contributed by atoms with Crippen molar-refractivity contribution in [3.8, 4) is 0 Å². The topological polar surface area (TPSA) is 37.3 Å². The van der Waals surface area contributed by atoms with E-state index < -0.39 is 5.97 Å². The lowest BCUT2D eigenvalue weighted by molar-refractivity contribution is -0.134. The van der Waals surface area contributed by atoms with Crippen LogP contribution >= 0.6 is 37.9 Å². The number of carboxylic acid groups (broad SMARTS) is 1. The van der Waals surface area contributed by atoms with Gasteiger partial charge in [0.2, 0.25) is 0 Å². The Morgan fingerprint density at radius 1 is 1.50 bits per heavy atom. The smallest absolute Gasteiger partial charge is 0.300 e. The van der Waals surface area contributed by atoms with Gasteiger partial charge in [0.1, 0.15) is 0 Å². The highest BCUT2D eigenvalue weighted by atomic mass is 32.2. The molecule has 0 fully saturated rings. The van der Waals surface area contributed by atoms with Crippen LogP contribution in [0.15, 0.2) is 0 Å². The van der Waals surface area contributed by atoms with E-state index in [0.29, 0.717) is 0 Å². The predicted octanol–water partition coefficient (Wildman–Crippen LogP) is 1.93. The van der Waals surface area contributed by atoms with E-state index in [2.05, 4.69) is 37.9 Å². The van der Waals surface area contributed by atoms with Crippen LogP contribution in [0.25, 0.3) is 0 Å². The van der Waals surface area contributed by atoms with E-state index in [0.717, 1.165) is 13.3 Å². The first-order valence-corrected chi connectivity index (χ1v) is 4.00. The molecule has 0 atom stereocenters. The zero-order valence-electron chi connectivity index (χ0n) is 5.90. The Kier molecular flexibility index (Phi) is 8.20. The highest BCUT2D eigenvalue weighted by Gasteiger charge is 2.07. The molecule has 62 valence electrons. The van der Waals surface area contributed by atoms with Gasteiger partial charge in [-0.1, -0.05) is 6.92 Å². The average Bonchev–Trinajstić information content (AvgIpc) is 1.63. The fourth-order valence-electron chi connectivity index (χ4n) is 0. The van der Waals surface area contributed by atoms with E-state index in [4.69, 9.17) is 9.90 Å². The van der Waals surface area contributed by atoms with Crippen LogP contribution in [0, 0.1) is 0 Å². The van der Waals surface area contributed by atoms with Gasteiger partial charge in [-0.25, -0.2) is 0 Å². The van der Waals surface area contributed by atoms with Gasteiger partial charge in [0.15, 0.2) is 0 Å². The van der Waals surface area contributed by atoms with Gasteiger partial charge in [-0.05, 0) is 6.42 Å². The third-order valence-electron chi connectivity index (χ3n) is 0.474. The van der Waals surface area contributed by atoms with E-state index in [-0.39, 0.29) is 3.41 Å². The van der Waals surface area contributed by atoms with Gasteiger partial charge in [0.25, 0.3) is 5.97 Å². The third kappa shape index (κ3) is 38.9. The van der Waals surface area contributed by atoms with Gasteiger partial charge in [0, 0.05) is 6.92 Å². The van der Waals surface area contributed by atoms with Crippen molar-refractivity contribution in [1.82, 2.24) is 0 Å². The standard InChI is InChI=1S/C3H8S3.C2H4O2/c1-2-3(4,5)6;1-2(3)4/h4-6H,2H2,1H3;1H3,(H,3,4). The highest BCUT2D eigenvalue weighted by molar-refractivity contribution is 8.16. The Labute approximate surface area is 77.6 Å². The number of aliphatic carboxylic acids is 1. The van der Waals surface area contributed by atoms with E-state index >= 15 is 0 Å². The van der Waals surface area contributed by atoms with Crippen LogP contribution in [0.2, 0.25) is 0 Å². The van der Waals surface area contributed by atoms with Gasteiger partial charge >= 0.3 is 0 Å². The molecule has 5 heteroatoms. The highest BCUT2D eigenvalue weighted by Crippen LogP contribution is 2.26. The maximum absolute atomic E-state index is 9.00. The lowest BCUT2D eigenvalue weighted by Gasteiger charge is -2.09. The molecular formula is C5H12O2S3. The summed E-state index contributed by atoms with van der Waals surface area (Å²) in [6, 6.07) is 0. The Balaban J connectivity index is 0. The first kappa shape index (κ1) is 13.1. The second-order valence-electron chi connectivity index (χ2n) is 1.65. The number of carbonyl (C=O) groups is 1. The number of hydrogen-bond acceptors (Lipinski definition) is 4. The molecule has 0 amide bonds. The van der Waals surface area contributed by atoms with Crippen LogP contribution in [-0.2, 0) is 4.79 Å². The minimum Gasteiger partial charge on any atom is -0.481 e. The van der Waals surface area contributed by atoms with E-state index in [1.165, 1.54) is 0 Å². The van der Waals surface area contributed by atoms with Crippen LogP contribution in [0.5, 0.6) is 0 Å². The lowest BCUT2D eigenvalue weighted by atomic mass is 10.6. The zero-order chi connectivity index (χ0) is 8.78. The molecule has 0 rings (SSSR count). The van der Waals surface area contributed by atoms with E-state index in [1.54, 1.807) is 0 Å². The fourth-order valence-corrected chi connectivity index (χ4v) is 0. The molecule has 0 heterocycles. The minimum atomic E-state index is -0.833. The summed E-state index contributed by atoms with van der Waals surface area (Å²) in [6.45, 7) is 3.06. The molecular weight excluding hydrogens is 188 g/mol. The van der Waals surface area contributed by atoms with Crippen molar-refractivity contribution in [3.63, 3.8) is 0 Å². The van der Waals surface area contributed by atoms with E-state index in [1.807, 2.05) is 6.92 Å². The second-order valence-corrected chi connectivity index (χ2v) is 5.00. The Morgan fingerprint density at radius 3 is 1.60 bits per heavy atom. The summed E-state index contributed by atoms with van der Waals surface area (Å²) in [5.74, 6) is -0.833. The molecule has 0 aliphatic heterocycles. The summed E-state index contributed by atoms with van der Waals surface area (Å²) in [5, 5.41) is 7.42. The number of rotatable bonds is 1. The summed E-state index contributed by atoms with van der Waals surface area (Å²) < 4.78 is -0.375. The minimum absolute atomic E-state index is 0.375. The van der Waals surface area contributed by atoms with Crippen molar-refractivity contribution in [2.24, 2.45) is 0 Å². The number of carboxylic acids is 1. The zero-order valence-corrected chi connectivity index (χ0v) is 8.59. The van der Waals surface area contributed by atoms with Crippen LogP contribution in [0.3, 0.4) is 0 Å². The summed E-state index contributed by atoms with van der Waals surface area (Å²) in [5.41, 5.74) is 0. The van der Waals surface area contributed by atoms with Crippen LogP contribution in [0.4, 0.5) is 0 Å². The molecule has 0 aromatic heterocycles. The average molecular weight is 200 g/mol. The van der Waals surface area contributed by atoms with Crippen molar-refractivity contribution in [3.05, 3.63) is 0 Å². The molecule has 0 aromatic rings. The van der Waals surface area contributed by atoms with Crippen LogP contribution in [0.1, 0.15) is 20.3 Å². The fraction of sp³-hybridized carbons (Fsp3) is 0.800. The SMILES string of the molecule is CC(=O)O.CCC(S)(S)S. The van der Waals surface area contributed by atoms with Gasteiger partial charge in [0.05, 0.1) is 3.41 Å². The summed E-state index contributed by atoms with van der Waals surface area (Å²) >= 11 is 11.9. The molecule has 0 saturated heterocycles. The summed E-state index contributed by atoms with van der Waals surface area (Å²) in [4.78, 5) is 9.00. The molecule has 0 radical (unpaired) electrons. The van der Waals surface area contributed by atoms with Gasteiger partial charge < -0.3 is 5.11 Å². The van der Waals surface area contributed by atoms with Gasteiger partial charge in [-0.15, -0.1) is 0 Å². The maximum Gasteiger partial charge on any atom is 0.300 e. The molecule has 0 saturated carbocycles. The number of hydrogen-bond donors (Lipinski definition) is 4. The van der Waals surface area contributed by atoms with Crippen LogP contribution in [-0.4, -0.2) is 14.5 Å². The molecule has 2 nitrogen and oxygen atoms in total. The normalized spacial score (nSPS) is 9.70. The number of thiol groups is 3. The molecule has 0 aliphatic rings. The molecule has 1 N–H and O–H groups in total. The van der Waals surface area contributed by atoms with Gasteiger partial charge in [-0.3, -0.25) is 4.79 Å². The molecule has 0 aliphatic carbocycles. The van der Waals surface area contributed by atoms with Crippen molar-refractivity contribution in [2.45, 2.75) is 23.7 Å². The first-order chi connectivity index (χ1) is 4.29. The Morgan fingerprint density at radius 2 is 1.60 bits per heavy atom. The first-order valence-electron chi connectivity index (χ1n) is 2.66. The summed E-state index contributed by atoms with van der Waals surface area (Å²) in [6.07, 6.45) is 0.863. The van der Waals surface area contributed by atoms with Gasteiger partial charge in [-0.2, -0.15) is 37.9 Å². The Hall–Kier alpha value is 0.520. The molecule has 0 unspecified atom stereocenters. The second kappa shape index (κ2) is 6.24. The predicted molar refractivity (Wildman–Crippen MR) is 53.3 cm³/mol. The molecule has 0 aromatic carbocycles. The monoisotopic (exact) mass is 200 g/mol.